The van der Waals surface area contributed by atoms with E-state index >= 15 is 0 Å². The molecule has 0 rings (SSSR count). The zero-order valence-electron chi connectivity index (χ0n) is 10.4. The van der Waals surface area contributed by atoms with Gasteiger partial charge in [0.2, 0.25) is 11.8 Å². The average Bonchev–Trinajstić information content (AvgIpc) is 2.13. The fourth-order valence-corrected chi connectivity index (χ4v) is 1.16. The van der Waals surface area contributed by atoms with Crippen LogP contribution in [0.5, 0.6) is 0 Å². The quantitative estimate of drug-likeness (QED) is 0.721. The predicted octanol–water partition coefficient (Wildman–Crippen LogP) is 1.28. The van der Waals surface area contributed by atoms with Gasteiger partial charge in [-0.2, -0.15) is 0 Å². The second kappa shape index (κ2) is 6.74. The number of carbonyl (C=O) groups is 2. The minimum absolute atomic E-state index is 0.0636. The first-order valence-electron chi connectivity index (χ1n) is 5.41. The molecule has 0 spiro atoms. The first-order valence-corrected chi connectivity index (χ1v) is 5.94. The van der Waals surface area contributed by atoms with Crippen molar-refractivity contribution in [2.24, 2.45) is 5.92 Å². The maximum absolute atomic E-state index is 11.4. The molecule has 0 aliphatic heterocycles. The summed E-state index contributed by atoms with van der Waals surface area (Å²) >= 11 is 5.54. The highest BCUT2D eigenvalue weighted by atomic mass is 35.5. The van der Waals surface area contributed by atoms with Gasteiger partial charge in [0.15, 0.2) is 0 Å². The first kappa shape index (κ1) is 15.2. The predicted molar refractivity (Wildman–Crippen MR) is 65.4 cm³/mol. The smallest absolute Gasteiger partial charge is 0.224 e. The molecule has 2 N–H and O–H groups in total. The lowest BCUT2D eigenvalue weighted by Gasteiger charge is -2.20. The number of alkyl halides is 1. The van der Waals surface area contributed by atoms with Gasteiger partial charge in [0.05, 0.1) is 0 Å². The second-order valence-electron chi connectivity index (χ2n) is 4.89. The number of hydrogen-bond acceptors (Lipinski definition) is 2. The Labute approximate surface area is 102 Å². The van der Waals surface area contributed by atoms with Gasteiger partial charge in [-0.25, -0.2) is 0 Å². The molecule has 0 aliphatic carbocycles. The molecule has 1 unspecified atom stereocenters. The van der Waals surface area contributed by atoms with E-state index in [1.54, 1.807) is 6.92 Å². The molecule has 0 aromatic carbocycles. The molecular formula is C11H21ClN2O2. The normalized spacial score (nSPS) is 13.1. The number of carbonyl (C=O) groups excluding carboxylic acids is 2. The molecule has 0 saturated carbocycles. The molecule has 0 heterocycles. The Kier molecular flexibility index (Phi) is 6.41. The Hall–Kier alpha value is -0.770. The maximum Gasteiger partial charge on any atom is 0.224 e. The van der Waals surface area contributed by atoms with Crippen molar-refractivity contribution in [1.82, 2.24) is 10.6 Å². The minimum Gasteiger partial charge on any atom is -0.355 e. The third-order valence-corrected chi connectivity index (χ3v) is 2.31. The fourth-order valence-electron chi connectivity index (χ4n) is 1.02. The number of nitrogens with one attached hydrogen (secondary N) is 2. The van der Waals surface area contributed by atoms with Gasteiger partial charge < -0.3 is 10.6 Å². The van der Waals surface area contributed by atoms with Crippen LogP contribution in [0.3, 0.4) is 0 Å². The van der Waals surface area contributed by atoms with Crippen LogP contribution in [0.25, 0.3) is 0 Å². The molecule has 16 heavy (non-hydrogen) atoms. The van der Waals surface area contributed by atoms with E-state index in [0.29, 0.717) is 12.4 Å². The summed E-state index contributed by atoms with van der Waals surface area (Å²) in [5.74, 6) is -0.0998. The van der Waals surface area contributed by atoms with Gasteiger partial charge in [0.1, 0.15) is 0 Å². The van der Waals surface area contributed by atoms with Gasteiger partial charge in [0.25, 0.3) is 0 Å². The van der Waals surface area contributed by atoms with Crippen molar-refractivity contribution in [2.45, 2.75) is 39.7 Å². The molecule has 0 saturated heterocycles. The average molecular weight is 249 g/mol. The van der Waals surface area contributed by atoms with Crippen molar-refractivity contribution in [1.29, 1.82) is 0 Å². The summed E-state index contributed by atoms with van der Waals surface area (Å²) in [7, 11) is 0. The van der Waals surface area contributed by atoms with Crippen molar-refractivity contribution >= 4 is 23.4 Å². The molecule has 0 fully saturated rings. The van der Waals surface area contributed by atoms with E-state index in [1.165, 1.54) is 0 Å². The molecule has 2 amide bonds. The van der Waals surface area contributed by atoms with E-state index in [-0.39, 0.29) is 29.7 Å². The number of rotatable bonds is 5. The Morgan fingerprint density at radius 2 is 1.88 bits per heavy atom. The molecule has 0 aromatic heterocycles. The molecule has 4 nitrogen and oxygen atoms in total. The van der Waals surface area contributed by atoms with Crippen LogP contribution in [0.15, 0.2) is 0 Å². The summed E-state index contributed by atoms with van der Waals surface area (Å²) in [4.78, 5) is 22.7. The van der Waals surface area contributed by atoms with Crippen molar-refractivity contribution in [2.75, 3.05) is 12.4 Å². The molecule has 0 aromatic rings. The monoisotopic (exact) mass is 248 g/mol. The Bertz CT molecular complexity index is 249. The van der Waals surface area contributed by atoms with Gasteiger partial charge in [-0.15, -0.1) is 11.6 Å². The first-order chi connectivity index (χ1) is 7.26. The van der Waals surface area contributed by atoms with Gasteiger partial charge in [0, 0.05) is 30.3 Å². The summed E-state index contributed by atoms with van der Waals surface area (Å²) in [6.07, 6.45) is 0.290. The van der Waals surface area contributed by atoms with Crippen LogP contribution in [0.4, 0.5) is 0 Å². The van der Waals surface area contributed by atoms with Crippen molar-refractivity contribution in [3.8, 4) is 0 Å². The maximum atomic E-state index is 11.4. The lowest BCUT2D eigenvalue weighted by molar-refractivity contribution is -0.124. The van der Waals surface area contributed by atoms with Gasteiger partial charge >= 0.3 is 0 Å². The molecule has 5 heteroatoms. The molecule has 94 valence electrons. The zero-order valence-corrected chi connectivity index (χ0v) is 11.1. The summed E-state index contributed by atoms with van der Waals surface area (Å²) in [5.41, 5.74) is -0.232. The lowest BCUT2D eigenvalue weighted by Crippen LogP contribution is -2.42. The topological polar surface area (TPSA) is 58.2 Å². The van der Waals surface area contributed by atoms with Crippen LogP contribution < -0.4 is 10.6 Å². The van der Waals surface area contributed by atoms with E-state index in [1.807, 2.05) is 20.8 Å². The van der Waals surface area contributed by atoms with Crippen LogP contribution >= 0.6 is 11.6 Å². The van der Waals surface area contributed by atoms with Crippen LogP contribution in [0, 0.1) is 5.92 Å². The van der Waals surface area contributed by atoms with Crippen LogP contribution in [0.2, 0.25) is 0 Å². The highest BCUT2D eigenvalue weighted by Gasteiger charge is 2.14. The Morgan fingerprint density at radius 3 is 2.31 bits per heavy atom. The van der Waals surface area contributed by atoms with E-state index in [9.17, 15) is 9.59 Å². The van der Waals surface area contributed by atoms with Crippen LogP contribution in [-0.2, 0) is 9.59 Å². The summed E-state index contributed by atoms with van der Waals surface area (Å²) in [6.45, 7) is 7.84. The van der Waals surface area contributed by atoms with E-state index in [2.05, 4.69) is 10.6 Å². The third kappa shape index (κ3) is 7.51. The van der Waals surface area contributed by atoms with Gasteiger partial charge in [-0.3, -0.25) is 9.59 Å². The minimum atomic E-state index is -0.232. The standard InChI is InChI=1S/C11H21ClN2O2/c1-8(7-12)10(16)13-6-5-9(15)14-11(2,3)4/h8H,5-7H2,1-4H3,(H,13,16)(H,14,15). The number of hydrogen-bond donors (Lipinski definition) is 2. The SMILES string of the molecule is CC(CCl)C(=O)NCCC(=O)NC(C)(C)C. The Morgan fingerprint density at radius 1 is 1.31 bits per heavy atom. The zero-order chi connectivity index (χ0) is 12.8. The highest BCUT2D eigenvalue weighted by Crippen LogP contribution is 1.99. The van der Waals surface area contributed by atoms with Gasteiger partial charge in [-0.1, -0.05) is 6.92 Å². The Balaban J connectivity index is 3.75. The van der Waals surface area contributed by atoms with E-state index in [0.717, 1.165) is 0 Å². The number of halogens is 1. The second-order valence-corrected chi connectivity index (χ2v) is 5.20. The van der Waals surface area contributed by atoms with Crippen LogP contribution in [0.1, 0.15) is 34.1 Å². The van der Waals surface area contributed by atoms with E-state index in [4.69, 9.17) is 11.6 Å². The van der Waals surface area contributed by atoms with Crippen molar-refractivity contribution < 1.29 is 9.59 Å². The molecule has 0 radical (unpaired) electrons. The number of amides is 2. The summed E-state index contributed by atoms with van der Waals surface area (Å²) in [5, 5.41) is 5.49. The van der Waals surface area contributed by atoms with Crippen molar-refractivity contribution in [3.63, 3.8) is 0 Å². The molecule has 0 bridgehead atoms. The highest BCUT2D eigenvalue weighted by molar-refractivity contribution is 6.19. The molecule has 1 atom stereocenters. The lowest BCUT2D eigenvalue weighted by atomic mass is 10.1. The van der Waals surface area contributed by atoms with Crippen LogP contribution in [-0.4, -0.2) is 29.8 Å². The van der Waals surface area contributed by atoms with Crippen molar-refractivity contribution in [3.05, 3.63) is 0 Å². The summed E-state index contributed by atoms with van der Waals surface area (Å²) < 4.78 is 0. The van der Waals surface area contributed by atoms with E-state index < -0.39 is 0 Å². The summed E-state index contributed by atoms with van der Waals surface area (Å²) in [6, 6.07) is 0. The molecule has 0 aliphatic rings. The molecular weight excluding hydrogens is 228 g/mol. The largest absolute Gasteiger partial charge is 0.355 e. The van der Waals surface area contributed by atoms with Gasteiger partial charge in [-0.05, 0) is 20.8 Å². The fraction of sp³-hybridized carbons (Fsp3) is 0.818. The third-order valence-electron chi connectivity index (χ3n) is 1.84.